The Labute approximate surface area is 101 Å². The van der Waals surface area contributed by atoms with E-state index in [2.05, 4.69) is 6.07 Å². The molecule has 1 aliphatic carbocycles. The first kappa shape index (κ1) is 11.6. The second kappa shape index (κ2) is 4.17. The molecule has 1 aromatic carbocycles. The average Bonchev–Trinajstić information content (AvgIpc) is 3.18. The van der Waals surface area contributed by atoms with Crippen molar-refractivity contribution in [1.29, 1.82) is 5.26 Å². The van der Waals surface area contributed by atoms with E-state index in [0.717, 1.165) is 18.4 Å². The van der Waals surface area contributed by atoms with E-state index in [1.807, 2.05) is 6.07 Å². The number of nitrogens with zero attached hydrogens (tertiary/aromatic N) is 1. The van der Waals surface area contributed by atoms with E-state index in [0.29, 0.717) is 17.2 Å². The van der Waals surface area contributed by atoms with E-state index in [9.17, 15) is 5.26 Å². The van der Waals surface area contributed by atoms with Crippen LogP contribution in [-0.2, 0) is 5.41 Å². The Balaban J connectivity index is 2.55. The summed E-state index contributed by atoms with van der Waals surface area (Å²) >= 11 is 0. The maximum absolute atomic E-state index is 9.24. The molecule has 0 aliphatic heterocycles. The summed E-state index contributed by atoms with van der Waals surface area (Å²) in [7, 11) is 4.76. The molecule has 0 N–H and O–H groups in total. The second-order valence-corrected chi connectivity index (χ2v) is 4.10. The van der Waals surface area contributed by atoms with Gasteiger partial charge in [0.2, 0.25) is 0 Å². The lowest BCUT2D eigenvalue weighted by atomic mass is 9.96. The Morgan fingerprint density at radius 1 is 1.00 bits per heavy atom. The molecule has 0 bridgehead atoms. The van der Waals surface area contributed by atoms with Crippen LogP contribution in [0.15, 0.2) is 12.1 Å². The topological polar surface area (TPSA) is 51.5 Å². The van der Waals surface area contributed by atoms with Crippen molar-refractivity contribution in [3.63, 3.8) is 0 Å². The summed E-state index contributed by atoms with van der Waals surface area (Å²) in [4.78, 5) is 0. The van der Waals surface area contributed by atoms with Crippen LogP contribution in [-0.4, -0.2) is 21.3 Å². The summed E-state index contributed by atoms with van der Waals surface area (Å²) in [5.41, 5.74) is 0.491. The minimum absolute atomic E-state index is 0.398. The fraction of sp³-hybridized carbons (Fsp3) is 0.462. The number of hydrogen-bond acceptors (Lipinski definition) is 4. The van der Waals surface area contributed by atoms with Crippen LogP contribution in [0.4, 0.5) is 0 Å². The van der Waals surface area contributed by atoms with Gasteiger partial charge < -0.3 is 14.2 Å². The Morgan fingerprint density at radius 2 is 1.53 bits per heavy atom. The van der Waals surface area contributed by atoms with Crippen molar-refractivity contribution in [1.82, 2.24) is 0 Å². The molecule has 4 heteroatoms. The monoisotopic (exact) mass is 233 g/mol. The first-order chi connectivity index (χ1) is 8.20. The van der Waals surface area contributed by atoms with Gasteiger partial charge in [0.1, 0.15) is 5.75 Å². The Kier molecular flexibility index (Phi) is 2.84. The van der Waals surface area contributed by atoms with Gasteiger partial charge in [0.25, 0.3) is 0 Å². The van der Waals surface area contributed by atoms with Gasteiger partial charge in [0, 0.05) is 11.6 Å². The van der Waals surface area contributed by atoms with Gasteiger partial charge in [0.05, 0.1) is 32.8 Å². The predicted molar refractivity (Wildman–Crippen MR) is 62.6 cm³/mol. The summed E-state index contributed by atoms with van der Waals surface area (Å²) < 4.78 is 15.8. The number of hydrogen-bond donors (Lipinski definition) is 0. The summed E-state index contributed by atoms with van der Waals surface area (Å²) in [6.45, 7) is 0. The highest BCUT2D eigenvalue weighted by atomic mass is 16.5. The van der Waals surface area contributed by atoms with Crippen molar-refractivity contribution in [2.75, 3.05) is 21.3 Å². The molecule has 1 saturated carbocycles. The van der Waals surface area contributed by atoms with Crippen molar-refractivity contribution in [2.24, 2.45) is 0 Å². The van der Waals surface area contributed by atoms with E-state index in [1.54, 1.807) is 27.4 Å². The number of ether oxygens (including phenoxy) is 3. The van der Waals surface area contributed by atoms with Gasteiger partial charge in [-0.3, -0.25) is 0 Å². The number of nitriles is 1. The minimum atomic E-state index is -0.398. The molecule has 17 heavy (non-hydrogen) atoms. The molecule has 0 aromatic heterocycles. The molecule has 1 aromatic rings. The van der Waals surface area contributed by atoms with Gasteiger partial charge in [-0.05, 0) is 18.9 Å². The lowest BCUT2D eigenvalue weighted by molar-refractivity contribution is 0.347. The zero-order valence-corrected chi connectivity index (χ0v) is 10.2. The third-order valence-corrected chi connectivity index (χ3v) is 3.19. The average molecular weight is 233 g/mol. The molecule has 0 spiro atoms. The molecule has 1 fully saturated rings. The van der Waals surface area contributed by atoms with Crippen LogP contribution in [0.5, 0.6) is 17.2 Å². The zero-order chi connectivity index (χ0) is 12.5. The predicted octanol–water partition coefficient (Wildman–Crippen LogP) is 2.27. The second-order valence-electron chi connectivity index (χ2n) is 4.10. The molecule has 0 radical (unpaired) electrons. The fourth-order valence-corrected chi connectivity index (χ4v) is 1.97. The highest BCUT2D eigenvalue weighted by Crippen LogP contribution is 2.53. The molecule has 2 rings (SSSR count). The third kappa shape index (κ3) is 1.78. The molecule has 0 atom stereocenters. The quantitative estimate of drug-likeness (QED) is 0.800. The molecular formula is C13H15NO3. The van der Waals surface area contributed by atoms with E-state index in [4.69, 9.17) is 14.2 Å². The van der Waals surface area contributed by atoms with Crippen molar-refractivity contribution < 1.29 is 14.2 Å². The fourth-order valence-electron chi connectivity index (χ4n) is 1.97. The van der Waals surface area contributed by atoms with Crippen LogP contribution >= 0.6 is 0 Å². The molecule has 4 nitrogen and oxygen atoms in total. The Bertz CT molecular complexity index is 472. The molecule has 0 saturated heterocycles. The van der Waals surface area contributed by atoms with E-state index in [-0.39, 0.29) is 0 Å². The van der Waals surface area contributed by atoms with Crippen LogP contribution in [0.25, 0.3) is 0 Å². The SMILES string of the molecule is COc1cc(OC)c(C2(C#N)CC2)cc1OC. The van der Waals surface area contributed by atoms with Crippen molar-refractivity contribution in [3.8, 4) is 23.3 Å². The first-order valence-corrected chi connectivity index (χ1v) is 5.42. The number of rotatable bonds is 4. The zero-order valence-electron chi connectivity index (χ0n) is 10.2. The highest BCUT2D eigenvalue weighted by molar-refractivity contribution is 5.57. The summed E-state index contributed by atoms with van der Waals surface area (Å²) in [6, 6.07) is 5.97. The molecule has 0 amide bonds. The first-order valence-electron chi connectivity index (χ1n) is 5.42. The van der Waals surface area contributed by atoms with Crippen molar-refractivity contribution >= 4 is 0 Å². The van der Waals surface area contributed by atoms with Crippen molar-refractivity contribution in [2.45, 2.75) is 18.3 Å². The molecule has 0 heterocycles. The van der Waals surface area contributed by atoms with Gasteiger partial charge >= 0.3 is 0 Å². The molecular weight excluding hydrogens is 218 g/mol. The molecule has 0 unspecified atom stereocenters. The van der Waals surface area contributed by atoms with E-state index < -0.39 is 5.41 Å². The number of methoxy groups -OCH3 is 3. The van der Waals surface area contributed by atoms with Gasteiger partial charge in [-0.15, -0.1) is 0 Å². The van der Waals surface area contributed by atoms with Crippen LogP contribution < -0.4 is 14.2 Å². The molecule has 90 valence electrons. The minimum Gasteiger partial charge on any atom is -0.496 e. The standard InChI is InChI=1S/C13H15NO3/c1-15-10-7-12(17-3)11(16-2)6-9(10)13(8-14)4-5-13/h6-7H,4-5H2,1-3H3. The largest absolute Gasteiger partial charge is 0.496 e. The van der Waals surface area contributed by atoms with Gasteiger partial charge in [0.15, 0.2) is 11.5 Å². The highest BCUT2D eigenvalue weighted by Gasteiger charge is 2.47. The number of benzene rings is 1. The van der Waals surface area contributed by atoms with Crippen LogP contribution in [0.2, 0.25) is 0 Å². The van der Waals surface area contributed by atoms with Crippen LogP contribution in [0.3, 0.4) is 0 Å². The van der Waals surface area contributed by atoms with Crippen molar-refractivity contribution in [3.05, 3.63) is 17.7 Å². The maximum atomic E-state index is 9.24. The normalized spacial score (nSPS) is 15.9. The van der Waals surface area contributed by atoms with Gasteiger partial charge in [-0.2, -0.15) is 5.26 Å². The Morgan fingerprint density at radius 3 is 1.94 bits per heavy atom. The maximum Gasteiger partial charge on any atom is 0.164 e. The Hall–Kier alpha value is -1.89. The summed E-state index contributed by atoms with van der Waals surface area (Å²) in [6.07, 6.45) is 1.74. The lowest BCUT2D eigenvalue weighted by Crippen LogP contribution is -2.06. The van der Waals surface area contributed by atoms with Gasteiger partial charge in [-0.25, -0.2) is 0 Å². The molecule has 1 aliphatic rings. The van der Waals surface area contributed by atoms with E-state index in [1.165, 1.54) is 0 Å². The third-order valence-electron chi connectivity index (χ3n) is 3.19. The summed E-state index contributed by atoms with van der Waals surface area (Å²) in [5, 5.41) is 9.24. The smallest absolute Gasteiger partial charge is 0.164 e. The van der Waals surface area contributed by atoms with Crippen LogP contribution in [0, 0.1) is 11.3 Å². The summed E-state index contributed by atoms with van der Waals surface area (Å²) in [5.74, 6) is 1.92. The van der Waals surface area contributed by atoms with Gasteiger partial charge in [-0.1, -0.05) is 0 Å². The van der Waals surface area contributed by atoms with E-state index >= 15 is 0 Å². The lowest BCUT2D eigenvalue weighted by Gasteiger charge is -2.16. The van der Waals surface area contributed by atoms with Crippen LogP contribution in [0.1, 0.15) is 18.4 Å².